The molecule has 4 aromatic rings. The number of rotatable bonds is 6. The summed E-state index contributed by atoms with van der Waals surface area (Å²) in [5.41, 5.74) is 1.64. The lowest BCUT2D eigenvalue weighted by Gasteiger charge is -2.33. The molecular formula is C22H23ClN6O2. The molecule has 0 amide bonds. The van der Waals surface area contributed by atoms with Gasteiger partial charge in [-0.1, -0.05) is 30.2 Å². The Balaban J connectivity index is 1.39. The maximum absolute atomic E-state index is 12.9. The van der Waals surface area contributed by atoms with Crippen LogP contribution in [0.25, 0.3) is 17.0 Å². The lowest BCUT2D eigenvalue weighted by Crippen LogP contribution is -2.37. The number of piperidine rings is 1. The molecule has 1 fully saturated rings. The van der Waals surface area contributed by atoms with Crippen molar-refractivity contribution in [1.82, 2.24) is 24.6 Å². The van der Waals surface area contributed by atoms with Crippen LogP contribution in [0.4, 0.5) is 5.69 Å². The number of likely N-dealkylation sites (tertiary alicyclic amines) is 1. The van der Waals surface area contributed by atoms with E-state index in [0.717, 1.165) is 29.9 Å². The van der Waals surface area contributed by atoms with Gasteiger partial charge >= 0.3 is 0 Å². The number of aromatic nitrogens is 4. The van der Waals surface area contributed by atoms with Crippen LogP contribution in [-0.4, -0.2) is 44.3 Å². The fraction of sp³-hybridized carbons (Fsp3) is 0.318. The fourth-order valence-corrected chi connectivity index (χ4v) is 4.27. The first-order valence-corrected chi connectivity index (χ1v) is 10.8. The summed E-state index contributed by atoms with van der Waals surface area (Å²) in [6.07, 6.45) is 6.85. The lowest BCUT2D eigenvalue weighted by molar-refractivity contribution is 0.153. The number of nitrogens with zero attached hydrogens (tertiary/aromatic N) is 4. The fourth-order valence-electron chi connectivity index (χ4n) is 4.07. The number of hydrogen-bond donors (Lipinski definition) is 2. The molecule has 31 heavy (non-hydrogen) atoms. The van der Waals surface area contributed by atoms with Crippen molar-refractivity contribution >= 4 is 28.3 Å². The van der Waals surface area contributed by atoms with Gasteiger partial charge in [0.2, 0.25) is 5.95 Å². The molecule has 1 saturated heterocycles. The predicted octanol–water partition coefficient (Wildman–Crippen LogP) is 3.99. The molecule has 1 aliphatic heterocycles. The predicted molar refractivity (Wildman–Crippen MR) is 120 cm³/mol. The highest BCUT2D eigenvalue weighted by atomic mass is 35.5. The minimum atomic E-state index is -0.432. The molecule has 0 aliphatic carbocycles. The molecule has 1 atom stereocenters. The van der Waals surface area contributed by atoms with E-state index < -0.39 is 5.56 Å². The standard InChI is InChI=1S/C22H23ClN6O2/c23-20-17(24-14-18(19-9-6-12-31-19)28-10-4-1-5-11-28)13-25-29(21(20)30)22-26-15-7-2-3-8-16(15)27-22/h2-3,6-9,12-13,18,24H,1,4-5,10-11,14H2,(H,26,27)/t18-/m1/s1. The second-order valence-corrected chi connectivity index (χ2v) is 8.05. The van der Waals surface area contributed by atoms with Gasteiger partial charge in [-0.05, 0) is 50.2 Å². The first-order chi connectivity index (χ1) is 15.2. The maximum Gasteiger partial charge on any atom is 0.295 e. The van der Waals surface area contributed by atoms with Crippen molar-refractivity contribution in [2.24, 2.45) is 0 Å². The van der Waals surface area contributed by atoms with Gasteiger partial charge in [0.25, 0.3) is 5.56 Å². The quantitative estimate of drug-likeness (QED) is 0.473. The van der Waals surface area contributed by atoms with E-state index in [4.69, 9.17) is 16.0 Å². The number of hydrogen-bond acceptors (Lipinski definition) is 6. The minimum Gasteiger partial charge on any atom is -0.468 e. The SMILES string of the molecule is O=c1c(Cl)c(NC[C@H](c2ccco2)N2CCCCC2)cnn1-c1nc2ccccc2[nH]1. The number of fused-ring (bicyclic) bond motifs is 1. The molecule has 0 spiro atoms. The van der Waals surface area contributed by atoms with E-state index in [2.05, 4.69) is 25.3 Å². The topological polar surface area (TPSA) is 92.0 Å². The molecule has 0 unspecified atom stereocenters. The number of anilines is 1. The number of furan rings is 1. The van der Waals surface area contributed by atoms with Gasteiger partial charge in [0, 0.05) is 6.54 Å². The van der Waals surface area contributed by atoms with E-state index in [0.29, 0.717) is 18.2 Å². The first kappa shape index (κ1) is 19.8. The zero-order valence-corrected chi connectivity index (χ0v) is 17.7. The highest BCUT2D eigenvalue weighted by Crippen LogP contribution is 2.26. The van der Waals surface area contributed by atoms with Crippen LogP contribution in [0.2, 0.25) is 5.02 Å². The van der Waals surface area contributed by atoms with Gasteiger partial charge in [-0.25, -0.2) is 4.98 Å². The van der Waals surface area contributed by atoms with Crippen molar-refractivity contribution in [3.8, 4) is 5.95 Å². The summed E-state index contributed by atoms with van der Waals surface area (Å²) >= 11 is 6.43. The molecule has 9 heteroatoms. The third-order valence-electron chi connectivity index (χ3n) is 5.69. The third kappa shape index (κ3) is 3.96. The van der Waals surface area contributed by atoms with Gasteiger partial charge in [0.05, 0.1) is 35.2 Å². The molecule has 5 rings (SSSR count). The Labute approximate surface area is 183 Å². The minimum absolute atomic E-state index is 0.0594. The van der Waals surface area contributed by atoms with E-state index in [9.17, 15) is 4.79 Å². The number of halogens is 1. The van der Waals surface area contributed by atoms with Gasteiger partial charge in [-0.3, -0.25) is 9.69 Å². The summed E-state index contributed by atoms with van der Waals surface area (Å²) in [5.74, 6) is 1.23. The molecule has 0 saturated carbocycles. The molecule has 3 aromatic heterocycles. The Morgan fingerprint density at radius 2 is 2.00 bits per heavy atom. The van der Waals surface area contributed by atoms with Gasteiger partial charge in [0.15, 0.2) is 0 Å². The second kappa shape index (κ2) is 8.56. The van der Waals surface area contributed by atoms with Crippen LogP contribution < -0.4 is 10.9 Å². The summed E-state index contributed by atoms with van der Waals surface area (Å²) in [4.78, 5) is 22.8. The first-order valence-electron chi connectivity index (χ1n) is 10.4. The number of H-pyrrole nitrogens is 1. The van der Waals surface area contributed by atoms with Crippen LogP contribution in [0.15, 0.2) is 58.1 Å². The Bertz CT molecular complexity index is 1190. The number of aromatic amines is 1. The summed E-state index contributed by atoms with van der Waals surface area (Å²) in [7, 11) is 0. The van der Waals surface area contributed by atoms with E-state index in [1.54, 1.807) is 12.5 Å². The van der Waals surface area contributed by atoms with Gasteiger partial charge in [-0.2, -0.15) is 9.78 Å². The molecule has 4 heterocycles. The largest absolute Gasteiger partial charge is 0.468 e. The molecule has 1 aliphatic rings. The van der Waals surface area contributed by atoms with E-state index in [-0.39, 0.29) is 11.1 Å². The Morgan fingerprint density at radius 3 is 2.77 bits per heavy atom. The Kier molecular flexibility index (Phi) is 5.48. The van der Waals surface area contributed by atoms with E-state index in [1.807, 2.05) is 36.4 Å². The van der Waals surface area contributed by atoms with Crippen molar-refractivity contribution in [2.75, 3.05) is 25.0 Å². The number of imidazole rings is 1. The average Bonchev–Trinajstić information content (AvgIpc) is 3.47. The summed E-state index contributed by atoms with van der Waals surface area (Å²) in [6.45, 7) is 2.60. The third-order valence-corrected chi connectivity index (χ3v) is 6.05. The number of benzene rings is 1. The molecule has 0 bridgehead atoms. The van der Waals surface area contributed by atoms with Crippen molar-refractivity contribution in [3.05, 3.63) is 70.0 Å². The summed E-state index contributed by atoms with van der Waals surface area (Å²) in [5, 5.41) is 7.67. The van der Waals surface area contributed by atoms with Crippen molar-refractivity contribution < 1.29 is 4.42 Å². The molecule has 8 nitrogen and oxygen atoms in total. The molecule has 2 N–H and O–H groups in total. The number of nitrogens with one attached hydrogen (secondary N) is 2. The smallest absolute Gasteiger partial charge is 0.295 e. The van der Waals surface area contributed by atoms with Crippen LogP contribution >= 0.6 is 11.6 Å². The van der Waals surface area contributed by atoms with Gasteiger partial charge in [-0.15, -0.1) is 0 Å². The Morgan fingerprint density at radius 1 is 1.16 bits per heavy atom. The lowest BCUT2D eigenvalue weighted by atomic mass is 10.1. The van der Waals surface area contributed by atoms with Crippen LogP contribution in [0.1, 0.15) is 31.1 Å². The summed E-state index contributed by atoms with van der Waals surface area (Å²) in [6, 6.07) is 11.5. The number of para-hydroxylation sites is 2. The monoisotopic (exact) mass is 438 g/mol. The van der Waals surface area contributed by atoms with Gasteiger partial charge in [0.1, 0.15) is 10.8 Å². The zero-order chi connectivity index (χ0) is 21.2. The van der Waals surface area contributed by atoms with Crippen molar-refractivity contribution in [1.29, 1.82) is 0 Å². The maximum atomic E-state index is 12.9. The highest BCUT2D eigenvalue weighted by Gasteiger charge is 2.25. The molecule has 0 radical (unpaired) electrons. The average molecular weight is 439 g/mol. The van der Waals surface area contributed by atoms with Crippen LogP contribution in [0.5, 0.6) is 0 Å². The van der Waals surface area contributed by atoms with Crippen LogP contribution in [-0.2, 0) is 0 Å². The van der Waals surface area contributed by atoms with Crippen molar-refractivity contribution in [3.63, 3.8) is 0 Å². The van der Waals surface area contributed by atoms with E-state index >= 15 is 0 Å². The highest BCUT2D eigenvalue weighted by molar-refractivity contribution is 6.32. The Hall–Kier alpha value is -3.10. The van der Waals surface area contributed by atoms with Gasteiger partial charge < -0.3 is 14.7 Å². The normalized spacial score (nSPS) is 15.9. The molecular weight excluding hydrogens is 416 g/mol. The van der Waals surface area contributed by atoms with Crippen molar-refractivity contribution in [2.45, 2.75) is 25.3 Å². The summed E-state index contributed by atoms with van der Waals surface area (Å²) < 4.78 is 6.87. The van der Waals surface area contributed by atoms with Crippen LogP contribution in [0, 0.1) is 0 Å². The zero-order valence-electron chi connectivity index (χ0n) is 16.9. The second-order valence-electron chi connectivity index (χ2n) is 7.68. The molecule has 160 valence electrons. The van der Waals surface area contributed by atoms with Crippen LogP contribution in [0.3, 0.4) is 0 Å². The molecule has 1 aromatic carbocycles. The van der Waals surface area contributed by atoms with E-state index in [1.165, 1.54) is 23.9 Å².